The van der Waals surface area contributed by atoms with Gasteiger partial charge in [-0.2, -0.15) is 5.10 Å². The van der Waals surface area contributed by atoms with Crippen LogP contribution in [0.4, 0.5) is 0 Å². The molecule has 0 spiro atoms. The van der Waals surface area contributed by atoms with Crippen LogP contribution in [-0.4, -0.2) is 9.78 Å². The lowest BCUT2D eigenvalue weighted by molar-refractivity contribution is 0.613. The molecule has 0 aliphatic heterocycles. The third kappa shape index (κ3) is 2.58. The molecule has 2 aromatic rings. The first kappa shape index (κ1) is 12.3. The molecule has 2 N–H and O–H groups in total. The number of hydrogen-bond donors (Lipinski definition) is 1. The summed E-state index contributed by atoms with van der Waals surface area (Å²) >= 11 is 3.49. The van der Waals surface area contributed by atoms with Crippen LogP contribution in [0.3, 0.4) is 0 Å². The van der Waals surface area contributed by atoms with Gasteiger partial charge in [0.2, 0.25) is 0 Å². The highest BCUT2D eigenvalue weighted by Gasteiger charge is 2.15. The van der Waals surface area contributed by atoms with Crippen LogP contribution >= 0.6 is 15.9 Å². The Morgan fingerprint density at radius 3 is 2.71 bits per heavy atom. The molecule has 0 radical (unpaired) electrons. The van der Waals surface area contributed by atoms with Gasteiger partial charge in [-0.15, -0.1) is 0 Å². The zero-order valence-corrected chi connectivity index (χ0v) is 11.6. The maximum atomic E-state index is 6.25. The molecule has 2 rings (SSSR count). The molecular formula is C13H16BrN3. The maximum Gasteiger partial charge on any atom is 0.0693 e. The minimum absolute atomic E-state index is 0.0435. The van der Waals surface area contributed by atoms with Crippen molar-refractivity contribution >= 4 is 15.9 Å². The van der Waals surface area contributed by atoms with Gasteiger partial charge in [0.15, 0.2) is 0 Å². The van der Waals surface area contributed by atoms with Gasteiger partial charge >= 0.3 is 0 Å². The third-order valence-electron chi connectivity index (χ3n) is 2.99. The van der Waals surface area contributed by atoms with E-state index < -0.39 is 0 Å². The van der Waals surface area contributed by atoms with E-state index >= 15 is 0 Å². The zero-order valence-electron chi connectivity index (χ0n) is 10.0. The highest BCUT2D eigenvalue weighted by atomic mass is 79.9. The van der Waals surface area contributed by atoms with Crippen LogP contribution in [0.25, 0.3) is 0 Å². The Kier molecular flexibility index (Phi) is 3.64. The summed E-state index contributed by atoms with van der Waals surface area (Å²) in [6, 6.07) is 8.29. The van der Waals surface area contributed by atoms with Crippen LogP contribution in [0, 0.1) is 6.92 Å². The van der Waals surface area contributed by atoms with Crippen molar-refractivity contribution in [3.05, 3.63) is 51.8 Å². The van der Waals surface area contributed by atoms with Gasteiger partial charge < -0.3 is 5.73 Å². The molecule has 0 fully saturated rings. The number of nitrogens with zero attached hydrogens (tertiary/aromatic N) is 2. The van der Waals surface area contributed by atoms with Crippen molar-refractivity contribution in [2.24, 2.45) is 12.8 Å². The van der Waals surface area contributed by atoms with Gasteiger partial charge in [-0.05, 0) is 40.4 Å². The summed E-state index contributed by atoms with van der Waals surface area (Å²) in [5.74, 6) is 0. The van der Waals surface area contributed by atoms with Crippen molar-refractivity contribution in [2.75, 3.05) is 0 Å². The number of rotatable bonds is 3. The summed E-state index contributed by atoms with van der Waals surface area (Å²) in [6.45, 7) is 2.11. The lowest BCUT2D eigenvalue weighted by Crippen LogP contribution is -2.18. The van der Waals surface area contributed by atoms with E-state index in [0.717, 1.165) is 16.6 Å². The van der Waals surface area contributed by atoms with Crippen LogP contribution < -0.4 is 5.73 Å². The fourth-order valence-corrected chi connectivity index (χ4v) is 2.65. The Labute approximate surface area is 110 Å². The molecule has 17 heavy (non-hydrogen) atoms. The van der Waals surface area contributed by atoms with Crippen LogP contribution in [-0.2, 0) is 13.5 Å². The van der Waals surface area contributed by atoms with Crippen molar-refractivity contribution in [3.63, 3.8) is 0 Å². The summed E-state index contributed by atoms with van der Waals surface area (Å²) in [5.41, 5.74) is 9.85. The van der Waals surface area contributed by atoms with Crippen molar-refractivity contribution in [3.8, 4) is 0 Å². The lowest BCUT2D eigenvalue weighted by atomic mass is 10.00. The van der Waals surface area contributed by atoms with Gasteiger partial charge in [0.05, 0.1) is 22.4 Å². The first-order chi connectivity index (χ1) is 8.09. The Hall–Kier alpha value is -1.13. The van der Waals surface area contributed by atoms with Crippen molar-refractivity contribution in [1.29, 1.82) is 0 Å². The SMILES string of the molecule is Cc1ccccc1CC(N)c1c(Br)cnn1C. The number of halogens is 1. The topological polar surface area (TPSA) is 43.8 Å². The Morgan fingerprint density at radius 1 is 1.41 bits per heavy atom. The van der Waals surface area contributed by atoms with Crippen molar-refractivity contribution in [1.82, 2.24) is 9.78 Å². The Morgan fingerprint density at radius 2 is 2.12 bits per heavy atom. The van der Waals surface area contributed by atoms with E-state index in [1.807, 2.05) is 23.9 Å². The molecule has 1 heterocycles. The summed E-state index contributed by atoms with van der Waals surface area (Å²) < 4.78 is 2.80. The third-order valence-corrected chi connectivity index (χ3v) is 3.60. The second-order valence-corrected chi connectivity index (χ2v) is 5.09. The fourth-order valence-electron chi connectivity index (χ4n) is 2.01. The number of aryl methyl sites for hydroxylation is 2. The number of benzene rings is 1. The molecule has 0 aliphatic carbocycles. The first-order valence-electron chi connectivity index (χ1n) is 5.57. The zero-order chi connectivity index (χ0) is 12.4. The molecule has 0 saturated carbocycles. The maximum absolute atomic E-state index is 6.25. The van der Waals surface area contributed by atoms with Crippen LogP contribution in [0.2, 0.25) is 0 Å². The van der Waals surface area contributed by atoms with E-state index in [0.29, 0.717) is 0 Å². The van der Waals surface area contributed by atoms with Gasteiger partial charge in [0.25, 0.3) is 0 Å². The molecule has 0 aliphatic rings. The minimum Gasteiger partial charge on any atom is -0.322 e. The quantitative estimate of drug-likeness (QED) is 0.946. The molecule has 0 amide bonds. The standard InChI is InChI=1S/C13H16BrN3/c1-9-5-3-4-6-10(9)7-12(15)13-11(14)8-16-17(13)2/h3-6,8,12H,7,15H2,1-2H3. The smallest absolute Gasteiger partial charge is 0.0693 e. The van der Waals surface area contributed by atoms with Gasteiger partial charge in [0, 0.05) is 7.05 Å². The van der Waals surface area contributed by atoms with Gasteiger partial charge in [-0.25, -0.2) is 0 Å². The molecular weight excluding hydrogens is 278 g/mol. The predicted octanol–water partition coefficient (Wildman–Crippen LogP) is 2.73. The van der Waals surface area contributed by atoms with Crippen LogP contribution in [0.15, 0.2) is 34.9 Å². The molecule has 3 nitrogen and oxygen atoms in total. The van der Waals surface area contributed by atoms with Crippen LogP contribution in [0.1, 0.15) is 22.9 Å². The molecule has 1 aromatic carbocycles. The normalized spacial score (nSPS) is 12.7. The van der Waals surface area contributed by atoms with E-state index in [1.165, 1.54) is 11.1 Å². The van der Waals surface area contributed by atoms with Crippen molar-refractivity contribution < 1.29 is 0 Å². The van der Waals surface area contributed by atoms with Gasteiger partial charge in [0.1, 0.15) is 0 Å². The highest BCUT2D eigenvalue weighted by Crippen LogP contribution is 2.24. The number of hydrogen-bond acceptors (Lipinski definition) is 2. The van der Waals surface area contributed by atoms with E-state index in [1.54, 1.807) is 6.20 Å². The lowest BCUT2D eigenvalue weighted by Gasteiger charge is -2.14. The summed E-state index contributed by atoms with van der Waals surface area (Å²) in [7, 11) is 1.91. The molecule has 90 valence electrons. The highest BCUT2D eigenvalue weighted by molar-refractivity contribution is 9.10. The average Bonchev–Trinajstić information content (AvgIpc) is 2.62. The molecule has 1 aromatic heterocycles. The van der Waals surface area contributed by atoms with Gasteiger partial charge in [-0.3, -0.25) is 4.68 Å². The molecule has 0 bridgehead atoms. The summed E-state index contributed by atoms with van der Waals surface area (Å²) in [5, 5.41) is 4.19. The van der Waals surface area contributed by atoms with Crippen molar-refractivity contribution in [2.45, 2.75) is 19.4 Å². The number of aromatic nitrogens is 2. The van der Waals surface area contributed by atoms with E-state index in [2.05, 4.69) is 40.1 Å². The summed E-state index contributed by atoms with van der Waals surface area (Å²) in [6.07, 6.45) is 2.61. The fraction of sp³-hybridized carbons (Fsp3) is 0.308. The summed E-state index contributed by atoms with van der Waals surface area (Å²) in [4.78, 5) is 0. The molecule has 4 heteroatoms. The molecule has 1 atom stereocenters. The second kappa shape index (κ2) is 5.02. The second-order valence-electron chi connectivity index (χ2n) is 4.24. The molecule has 0 saturated heterocycles. The predicted molar refractivity (Wildman–Crippen MR) is 72.7 cm³/mol. The monoisotopic (exact) mass is 293 g/mol. The van der Waals surface area contributed by atoms with Crippen LogP contribution in [0.5, 0.6) is 0 Å². The molecule has 1 unspecified atom stereocenters. The minimum atomic E-state index is -0.0435. The Bertz CT molecular complexity index is 500. The Balaban J connectivity index is 2.23. The van der Waals surface area contributed by atoms with E-state index in [4.69, 9.17) is 5.73 Å². The number of nitrogens with two attached hydrogens (primary N) is 1. The van der Waals surface area contributed by atoms with Gasteiger partial charge in [-0.1, -0.05) is 24.3 Å². The largest absolute Gasteiger partial charge is 0.322 e. The van der Waals surface area contributed by atoms with E-state index in [-0.39, 0.29) is 6.04 Å². The van der Waals surface area contributed by atoms with E-state index in [9.17, 15) is 0 Å². The average molecular weight is 294 g/mol. The first-order valence-corrected chi connectivity index (χ1v) is 6.36.